The highest BCUT2D eigenvalue weighted by Gasteiger charge is 2.55. The Labute approximate surface area is 311 Å². The molecule has 0 aliphatic heterocycles. The molecule has 0 aliphatic rings. The number of aromatic nitrogens is 2. The molecular weight excluding hydrogens is 667 g/mol. The van der Waals surface area contributed by atoms with Crippen molar-refractivity contribution in [2.24, 2.45) is 11.8 Å². The number of hydrogen-bond acceptors (Lipinski definition) is 6. The van der Waals surface area contributed by atoms with Gasteiger partial charge in [-0.05, 0) is 57.3 Å². The monoisotopic (exact) mass is 717 g/mol. The zero-order chi connectivity index (χ0) is 38.3. The average Bonchev–Trinajstić information content (AvgIpc) is 3.66. The van der Waals surface area contributed by atoms with E-state index in [4.69, 9.17) is 0 Å². The maximum atomic E-state index is 15.8. The fourth-order valence-electron chi connectivity index (χ4n) is 7.64. The third-order valence-corrected chi connectivity index (χ3v) is 10.1. The van der Waals surface area contributed by atoms with Crippen LogP contribution >= 0.6 is 0 Å². The number of amides is 3. The molecular formula is C43H51N5O5. The second-order valence-electron chi connectivity index (χ2n) is 14.8. The molecule has 1 heterocycles. The van der Waals surface area contributed by atoms with Crippen molar-refractivity contribution in [3.63, 3.8) is 0 Å². The summed E-state index contributed by atoms with van der Waals surface area (Å²) in [4.78, 5) is 63.8. The van der Waals surface area contributed by atoms with Gasteiger partial charge < -0.3 is 30.4 Å². The number of aldehydes is 1. The topological polar surface area (TPSA) is 144 Å². The molecule has 3 amide bonds. The summed E-state index contributed by atoms with van der Waals surface area (Å²) in [5, 5.41) is 21.1. The van der Waals surface area contributed by atoms with Crippen LogP contribution in [0.5, 0.6) is 0 Å². The Morgan fingerprint density at radius 3 is 2.06 bits per heavy atom. The number of likely N-dealkylation sites (N-methyl/N-ethyl adjacent to an activating group) is 1. The number of carbonyl (C=O) groups excluding carboxylic acids is 4. The number of hydrogen-bond donors (Lipinski definition) is 4. The Kier molecular flexibility index (Phi) is 12.5. The van der Waals surface area contributed by atoms with Crippen molar-refractivity contribution in [2.45, 2.75) is 83.5 Å². The Hall–Kier alpha value is -5.35. The van der Waals surface area contributed by atoms with Crippen LogP contribution in [0.2, 0.25) is 0 Å². The molecule has 0 aliphatic carbocycles. The van der Waals surface area contributed by atoms with E-state index in [2.05, 4.69) is 20.6 Å². The van der Waals surface area contributed by atoms with Gasteiger partial charge in [-0.25, -0.2) is 4.98 Å². The molecule has 1 aromatic heterocycles. The van der Waals surface area contributed by atoms with Gasteiger partial charge in [0.05, 0.1) is 36.9 Å². The van der Waals surface area contributed by atoms with Crippen molar-refractivity contribution in [1.82, 2.24) is 25.5 Å². The predicted octanol–water partition coefficient (Wildman–Crippen LogP) is 6.23. The molecule has 10 heteroatoms. The molecule has 10 nitrogen and oxygen atoms in total. The van der Waals surface area contributed by atoms with Crippen molar-refractivity contribution >= 4 is 45.6 Å². The van der Waals surface area contributed by atoms with Crippen LogP contribution in [0.3, 0.4) is 0 Å². The summed E-state index contributed by atoms with van der Waals surface area (Å²) in [6.45, 7) is 9.30. The normalized spacial score (nSPS) is 15.0. The lowest BCUT2D eigenvalue weighted by Crippen LogP contribution is -2.62. The maximum absolute atomic E-state index is 15.8. The number of H-pyrrole nitrogens is 1. The van der Waals surface area contributed by atoms with Gasteiger partial charge in [-0.3, -0.25) is 14.4 Å². The molecule has 5 aromatic rings. The zero-order valence-electron chi connectivity index (χ0n) is 31.4. The van der Waals surface area contributed by atoms with Crippen molar-refractivity contribution in [1.29, 1.82) is 0 Å². The number of carbonyl (C=O) groups is 4. The van der Waals surface area contributed by atoms with Crippen LogP contribution in [-0.4, -0.2) is 69.2 Å². The van der Waals surface area contributed by atoms with Gasteiger partial charge >= 0.3 is 0 Å². The number of benzene rings is 4. The standard InChI is InChI=1S/C43H51N5O5/c1-27(2)21-32(25-49)46-40(52)23-39(51)37(22-28(3)4)47-42(53)43(48(6)29(5)50,36-20-12-16-31-14-8-10-18-34(31)36)41(38-24-44-26-45-38)35-19-11-15-30-13-7-9-17-33(30)35/h7-20,24-28,32,37,39,41,51H,21-23H2,1-6H3,(H,44,45)(H,46,52)(H,47,53)/t32-,37-,39-,41?,43-/m0/s1. The quantitative estimate of drug-likeness (QED) is 0.0891. The molecule has 0 radical (unpaired) electrons. The smallest absolute Gasteiger partial charge is 0.252 e. The van der Waals surface area contributed by atoms with E-state index in [0.29, 0.717) is 30.4 Å². The third-order valence-electron chi connectivity index (χ3n) is 10.1. The van der Waals surface area contributed by atoms with Gasteiger partial charge in [0.2, 0.25) is 11.8 Å². The number of fused-ring (bicyclic) bond motifs is 2. The van der Waals surface area contributed by atoms with Gasteiger partial charge in [0, 0.05) is 25.9 Å². The lowest BCUT2D eigenvalue weighted by molar-refractivity contribution is -0.148. The molecule has 5 rings (SSSR count). The summed E-state index contributed by atoms with van der Waals surface area (Å²) in [5.74, 6) is -2.03. The molecule has 0 bridgehead atoms. The maximum Gasteiger partial charge on any atom is 0.252 e. The number of aliphatic hydroxyl groups excluding tert-OH is 1. The van der Waals surface area contributed by atoms with Crippen molar-refractivity contribution in [3.05, 3.63) is 114 Å². The van der Waals surface area contributed by atoms with E-state index >= 15 is 4.79 Å². The first-order chi connectivity index (χ1) is 25.4. The predicted molar refractivity (Wildman–Crippen MR) is 208 cm³/mol. The van der Waals surface area contributed by atoms with Gasteiger partial charge in [-0.1, -0.05) is 113 Å². The molecule has 0 fully saturated rings. The van der Waals surface area contributed by atoms with Gasteiger partial charge in [-0.2, -0.15) is 0 Å². The first-order valence-electron chi connectivity index (χ1n) is 18.3. The van der Waals surface area contributed by atoms with Gasteiger partial charge in [0.25, 0.3) is 5.91 Å². The van der Waals surface area contributed by atoms with Crippen LogP contribution in [0.1, 0.15) is 76.6 Å². The SMILES string of the molecule is CC(=O)N(C)[C@@](C(=O)N[C@@H](CC(C)C)[C@@H](O)CC(=O)N[C@H](C=O)CC(C)C)(c1cccc2ccccc12)C(c1cnc[nH]1)c1cccc2ccccc12. The molecule has 4 N–H and O–H groups in total. The van der Waals surface area contributed by atoms with Crippen molar-refractivity contribution in [3.8, 4) is 0 Å². The molecule has 278 valence electrons. The molecule has 53 heavy (non-hydrogen) atoms. The summed E-state index contributed by atoms with van der Waals surface area (Å²) in [5.41, 5.74) is 0.203. The molecule has 0 spiro atoms. The summed E-state index contributed by atoms with van der Waals surface area (Å²) < 4.78 is 0. The number of aromatic amines is 1. The van der Waals surface area contributed by atoms with Crippen LogP contribution < -0.4 is 10.6 Å². The van der Waals surface area contributed by atoms with Crippen molar-refractivity contribution in [2.75, 3.05) is 7.05 Å². The lowest BCUT2D eigenvalue weighted by atomic mass is 9.68. The third kappa shape index (κ3) is 8.33. The van der Waals surface area contributed by atoms with Crippen LogP contribution in [0, 0.1) is 11.8 Å². The summed E-state index contributed by atoms with van der Waals surface area (Å²) >= 11 is 0. The minimum Gasteiger partial charge on any atom is -0.390 e. The largest absolute Gasteiger partial charge is 0.390 e. The average molecular weight is 718 g/mol. The Balaban J connectivity index is 1.75. The van der Waals surface area contributed by atoms with Crippen LogP contribution in [0.4, 0.5) is 0 Å². The zero-order valence-corrected chi connectivity index (χ0v) is 31.4. The molecule has 1 unspecified atom stereocenters. The second-order valence-corrected chi connectivity index (χ2v) is 14.8. The fraction of sp³-hybridized carbons (Fsp3) is 0.372. The van der Waals surface area contributed by atoms with Crippen LogP contribution in [0.15, 0.2) is 97.5 Å². The summed E-state index contributed by atoms with van der Waals surface area (Å²) in [6, 6.07) is 25.7. The molecule has 0 saturated carbocycles. The van der Waals surface area contributed by atoms with Crippen LogP contribution in [0.25, 0.3) is 21.5 Å². The number of nitrogens with one attached hydrogen (secondary N) is 3. The van der Waals surface area contributed by atoms with E-state index in [9.17, 15) is 19.5 Å². The number of imidazole rings is 1. The highest BCUT2D eigenvalue weighted by molar-refractivity contribution is 6.00. The van der Waals surface area contributed by atoms with Crippen LogP contribution in [-0.2, 0) is 24.7 Å². The Bertz CT molecular complexity index is 2030. The van der Waals surface area contributed by atoms with Gasteiger partial charge in [0.1, 0.15) is 6.29 Å². The van der Waals surface area contributed by atoms with E-state index in [-0.39, 0.29) is 24.2 Å². The highest BCUT2D eigenvalue weighted by Crippen LogP contribution is 2.49. The number of nitrogens with zero attached hydrogens (tertiary/aromatic N) is 2. The van der Waals surface area contributed by atoms with E-state index in [0.717, 1.165) is 27.1 Å². The summed E-state index contributed by atoms with van der Waals surface area (Å²) in [7, 11) is 1.63. The van der Waals surface area contributed by atoms with E-state index in [1.165, 1.54) is 11.8 Å². The minimum atomic E-state index is -1.76. The minimum absolute atomic E-state index is 0.0145. The lowest BCUT2D eigenvalue weighted by Gasteiger charge is -2.47. The number of rotatable bonds is 16. The van der Waals surface area contributed by atoms with E-state index in [1.54, 1.807) is 19.6 Å². The molecule has 5 atom stereocenters. The molecule has 4 aromatic carbocycles. The first kappa shape index (κ1) is 38.9. The Morgan fingerprint density at radius 2 is 1.45 bits per heavy atom. The van der Waals surface area contributed by atoms with Crippen molar-refractivity contribution < 1.29 is 24.3 Å². The highest BCUT2D eigenvalue weighted by atomic mass is 16.3. The Morgan fingerprint density at radius 1 is 0.849 bits per heavy atom. The summed E-state index contributed by atoms with van der Waals surface area (Å²) in [6.07, 6.45) is 3.10. The van der Waals surface area contributed by atoms with Gasteiger partial charge in [0.15, 0.2) is 5.54 Å². The fourth-order valence-corrected chi connectivity index (χ4v) is 7.64. The second kappa shape index (κ2) is 17.0. The van der Waals surface area contributed by atoms with Gasteiger partial charge in [-0.15, -0.1) is 0 Å². The first-order valence-corrected chi connectivity index (χ1v) is 18.3. The molecule has 0 saturated heterocycles. The van der Waals surface area contributed by atoms with E-state index in [1.807, 2.05) is 113 Å². The number of aliphatic hydroxyl groups is 1. The van der Waals surface area contributed by atoms with E-state index < -0.39 is 41.5 Å².